The molecule has 2 atom stereocenters. The van der Waals surface area contributed by atoms with Gasteiger partial charge in [-0.3, -0.25) is 4.78 Å². The minimum Gasteiger partial charge on any atom is -0.253 e. The van der Waals surface area contributed by atoms with E-state index in [1.54, 1.807) is 0 Å². The van der Waals surface area contributed by atoms with Crippen molar-refractivity contribution >= 4 is 9.73 Å². The van der Waals surface area contributed by atoms with Gasteiger partial charge in [-0.15, -0.1) is 0 Å². The van der Waals surface area contributed by atoms with E-state index in [2.05, 4.69) is 13.8 Å². The molecule has 0 aromatic carbocycles. The summed E-state index contributed by atoms with van der Waals surface area (Å²) in [5, 5.41) is 0.247. The minimum absolute atomic E-state index is 0.247. The maximum Gasteiger partial charge on any atom is 0.0473 e. The van der Waals surface area contributed by atoms with E-state index in [9.17, 15) is 4.21 Å². The van der Waals surface area contributed by atoms with Crippen molar-refractivity contribution in [2.75, 3.05) is 5.75 Å². The molecule has 1 N–H and O–H groups in total. The van der Waals surface area contributed by atoms with E-state index in [1.807, 2.05) is 0 Å². The molecular weight excluding hydrogens is 158 g/mol. The van der Waals surface area contributed by atoms with Crippen LogP contribution in [0.3, 0.4) is 0 Å². The zero-order valence-corrected chi connectivity index (χ0v) is 8.12. The van der Waals surface area contributed by atoms with Crippen molar-refractivity contribution in [2.24, 2.45) is 5.92 Å². The largest absolute Gasteiger partial charge is 0.253 e. The second-order valence-electron chi connectivity index (χ2n) is 3.61. The predicted octanol–water partition coefficient (Wildman–Crippen LogP) is 2.24. The molecule has 1 rings (SSSR count). The van der Waals surface area contributed by atoms with Gasteiger partial charge in [-0.2, -0.15) is 0 Å². The highest BCUT2D eigenvalue weighted by atomic mass is 32.2. The summed E-state index contributed by atoms with van der Waals surface area (Å²) in [6.07, 6.45) is 3.10. The molecule has 0 aliphatic heterocycles. The van der Waals surface area contributed by atoms with Crippen molar-refractivity contribution in [2.45, 2.75) is 38.4 Å². The summed E-state index contributed by atoms with van der Waals surface area (Å²) in [6.45, 7) is 4.17. The van der Waals surface area contributed by atoms with Crippen LogP contribution in [0.2, 0.25) is 0 Å². The summed E-state index contributed by atoms with van der Waals surface area (Å²) in [5.41, 5.74) is 0. The lowest BCUT2D eigenvalue weighted by Crippen LogP contribution is -2.15. The third kappa shape index (κ3) is 2.47. The molecule has 1 fully saturated rings. The summed E-state index contributed by atoms with van der Waals surface area (Å²) >= 11 is 0. The Morgan fingerprint density at radius 1 is 1.64 bits per heavy atom. The Balaban J connectivity index is 2.46. The van der Waals surface area contributed by atoms with Crippen molar-refractivity contribution in [3.05, 3.63) is 0 Å². The van der Waals surface area contributed by atoms with Crippen LogP contribution in [0.15, 0.2) is 0 Å². The molecule has 0 aromatic rings. The van der Waals surface area contributed by atoms with Crippen molar-refractivity contribution in [3.8, 4) is 0 Å². The molecule has 66 valence electrons. The van der Waals surface area contributed by atoms with Crippen LogP contribution in [-0.2, 0) is 9.73 Å². The Labute approximate surface area is 69.4 Å². The monoisotopic (exact) mass is 175 g/mol. The summed E-state index contributed by atoms with van der Waals surface area (Å²) in [7, 11) is -2.20. The highest BCUT2D eigenvalue weighted by Gasteiger charge is 2.32. The van der Waals surface area contributed by atoms with E-state index >= 15 is 0 Å². The third-order valence-corrected chi connectivity index (χ3v) is 4.90. The Morgan fingerprint density at radius 3 is 2.55 bits per heavy atom. The highest BCUT2D eigenvalue weighted by Crippen LogP contribution is 2.30. The molecular formula is C8H17NOS. The third-order valence-electron chi connectivity index (χ3n) is 2.29. The first-order valence-corrected chi connectivity index (χ1v) is 6.10. The van der Waals surface area contributed by atoms with E-state index in [1.165, 1.54) is 0 Å². The van der Waals surface area contributed by atoms with Crippen LogP contribution >= 0.6 is 0 Å². The van der Waals surface area contributed by atoms with Gasteiger partial charge in [0.25, 0.3) is 0 Å². The zero-order chi connectivity index (χ0) is 8.48. The van der Waals surface area contributed by atoms with Gasteiger partial charge in [0.1, 0.15) is 0 Å². The number of nitrogens with one attached hydrogen (secondary N) is 1. The van der Waals surface area contributed by atoms with Crippen LogP contribution in [0.4, 0.5) is 0 Å². The lowest BCUT2D eigenvalue weighted by molar-refractivity contribution is 0.609. The Morgan fingerprint density at radius 2 is 2.18 bits per heavy atom. The van der Waals surface area contributed by atoms with Gasteiger partial charge >= 0.3 is 0 Å². The summed E-state index contributed by atoms with van der Waals surface area (Å²) < 4.78 is 19.2. The van der Waals surface area contributed by atoms with Crippen LogP contribution in [0.25, 0.3) is 0 Å². The number of hydrogen-bond donors (Lipinski definition) is 1. The Hall–Kier alpha value is -0.0500. The highest BCUT2D eigenvalue weighted by molar-refractivity contribution is 7.93. The lowest BCUT2D eigenvalue weighted by atomic mass is 10.2. The molecule has 0 bridgehead atoms. The van der Waals surface area contributed by atoms with Crippen LogP contribution in [-0.4, -0.2) is 15.2 Å². The van der Waals surface area contributed by atoms with Crippen molar-refractivity contribution < 1.29 is 4.21 Å². The van der Waals surface area contributed by atoms with Gasteiger partial charge in [0.05, 0.1) is 0 Å². The first-order chi connectivity index (χ1) is 5.06. The van der Waals surface area contributed by atoms with E-state index < -0.39 is 9.73 Å². The minimum atomic E-state index is -2.20. The van der Waals surface area contributed by atoms with Crippen LogP contribution in [0.5, 0.6) is 0 Å². The summed E-state index contributed by atoms with van der Waals surface area (Å²) in [4.78, 5) is 0. The molecule has 2 unspecified atom stereocenters. The average Bonchev–Trinajstić information content (AvgIpc) is 2.66. The van der Waals surface area contributed by atoms with Gasteiger partial charge in [0, 0.05) is 20.7 Å². The molecule has 11 heavy (non-hydrogen) atoms. The SMILES string of the molecule is CCC(C)CS(=N)(=O)C1CC1. The fourth-order valence-corrected chi connectivity index (χ4v) is 3.38. The molecule has 2 nitrogen and oxygen atoms in total. The van der Waals surface area contributed by atoms with E-state index in [4.69, 9.17) is 4.78 Å². The Kier molecular flexibility index (Phi) is 2.58. The van der Waals surface area contributed by atoms with Gasteiger partial charge < -0.3 is 0 Å². The topological polar surface area (TPSA) is 40.9 Å². The van der Waals surface area contributed by atoms with Crippen molar-refractivity contribution in [3.63, 3.8) is 0 Å². The molecule has 0 radical (unpaired) electrons. The van der Waals surface area contributed by atoms with Crippen LogP contribution in [0.1, 0.15) is 33.1 Å². The number of rotatable bonds is 4. The molecule has 1 saturated carbocycles. The summed E-state index contributed by atoms with van der Waals surface area (Å²) in [5.74, 6) is 1.08. The maximum atomic E-state index is 11.6. The molecule has 3 heteroatoms. The first-order valence-electron chi connectivity index (χ1n) is 4.31. The van der Waals surface area contributed by atoms with E-state index in [0.29, 0.717) is 11.7 Å². The second kappa shape index (κ2) is 3.13. The number of hydrogen-bond acceptors (Lipinski definition) is 2. The van der Waals surface area contributed by atoms with Crippen LogP contribution in [0, 0.1) is 10.7 Å². The summed E-state index contributed by atoms with van der Waals surface area (Å²) in [6, 6.07) is 0. The molecule has 0 amide bonds. The van der Waals surface area contributed by atoms with Crippen molar-refractivity contribution in [1.82, 2.24) is 0 Å². The molecule has 0 aromatic heterocycles. The lowest BCUT2D eigenvalue weighted by Gasteiger charge is -2.10. The fourth-order valence-electron chi connectivity index (χ4n) is 1.13. The molecule has 0 saturated heterocycles. The van der Waals surface area contributed by atoms with E-state index in [0.717, 1.165) is 19.3 Å². The zero-order valence-electron chi connectivity index (χ0n) is 7.30. The van der Waals surface area contributed by atoms with Crippen molar-refractivity contribution in [1.29, 1.82) is 4.78 Å². The molecule has 0 heterocycles. The molecule has 1 aliphatic rings. The second-order valence-corrected chi connectivity index (χ2v) is 6.06. The van der Waals surface area contributed by atoms with Gasteiger partial charge in [0.2, 0.25) is 0 Å². The van der Waals surface area contributed by atoms with Gasteiger partial charge in [0.15, 0.2) is 0 Å². The Bertz CT molecular complexity index is 216. The smallest absolute Gasteiger partial charge is 0.0473 e. The molecule has 0 spiro atoms. The fraction of sp³-hybridized carbons (Fsp3) is 1.00. The van der Waals surface area contributed by atoms with Gasteiger partial charge in [-0.05, 0) is 18.8 Å². The van der Waals surface area contributed by atoms with Gasteiger partial charge in [-0.1, -0.05) is 20.3 Å². The molecule has 1 aliphatic carbocycles. The normalized spacial score (nSPS) is 26.0. The average molecular weight is 175 g/mol. The first kappa shape index (κ1) is 9.04. The quantitative estimate of drug-likeness (QED) is 0.699. The predicted molar refractivity (Wildman–Crippen MR) is 48.2 cm³/mol. The maximum absolute atomic E-state index is 11.6. The van der Waals surface area contributed by atoms with Gasteiger partial charge in [-0.25, -0.2) is 4.21 Å². The standard InChI is InChI=1S/C8H17NOS/c1-3-7(2)6-11(9,10)8-4-5-8/h7-9H,3-6H2,1-2H3. The van der Waals surface area contributed by atoms with E-state index in [-0.39, 0.29) is 5.25 Å². The van der Waals surface area contributed by atoms with Crippen LogP contribution < -0.4 is 0 Å².